The van der Waals surface area contributed by atoms with Crippen LogP contribution in [0.5, 0.6) is 0 Å². The van der Waals surface area contributed by atoms with Gasteiger partial charge in [-0.25, -0.2) is 4.99 Å². The molecule has 0 amide bonds. The molecular weight excluding hydrogens is 214 g/mol. The van der Waals surface area contributed by atoms with Gasteiger partial charge in [0.1, 0.15) is 0 Å². The molecule has 0 radical (unpaired) electrons. The summed E-state index contributed by atoms with van der Waals surface area (Å²) in [7, 11) is 0. The third-order valence-electron chi connectivity index (χ3n) is 3.09. The number of hydrogen-bond acceptors (Lipinski definition) is 2. The molecule has 17 heavy (non-hydrogen) atoms. The van der Waals surface area contributed by atoms with Crippen LogP contribution in [-0.4, -0.2) is 23.2 Å². The molecule has 4 heteroatoms. The minimum atomic E-state index is -0.291. The van der Waals surface area contributed by atoms with Crippen LogP contribution in [-0.2, 0) is 6.54 Å². The second-order valence-electron chi connectivity index (χ2n) is 4.44. The van der Waals surface area contributed by atoms with Crippen molar-refractivity contribution in [1.82, 2.24) is 5.32 Å². The molecule has 2 atom stereocenters. The van der Waals surface area contributed by atoms with Gasteiger partial charge in [0, 0.05) is 0 Å². The van der Waals surface area contributed by atoms with Crippen molar-refractivity contribution < 1.29 is 5.11 Å². The maximum absolute atomic E-state index is 9.65. The summed E-state index contributed by atoms with van der Waals surface area (Å²) in [5, 5.41) is 12.7. The first-order valence-electron chi connectivity index (χ1n) is 6.04. The minimum Gasteiger partial charge on any atom is -0.391 e. The molecule has 0 aliphatic heterocycles. The lowest BCUT2D eigenvalue weighted by molar-refractivity contribution is 0.157. The Kier molecular flexibility index (Phi) is 3.98. The predicted octanol–water partition coefficient (Wildman–Crippen LogP) is 1.00. The summed E-state index contributed by atoms with van der Waals surface area (Å²) >= 11 is 0. The van der Waals surface area contributed by atoms with Crippen LogP contribution in [0.4, 0.5) is 0 Å². The van der Waals surface area contributed by atoms with E-state index in [9.17, 15) is 5.11 Å². The first kappa shape index (κ1) is 11.9. The Hall–Kier alpha value is -1.55. The van der Waals surface area contributed by atoms with Gasteiger partial charge >= 0.3 is 0 Å². The molecule has 1 aliphatic carbocycles. The molecule has 1 aromatic carbocycles. The number of hydrogen-bond donors (Lipinski definition) is 3. The third kappa shape index (κ3) is 3.46. The Labute approximate surface area is 102 Å². The Morgan fingerprint density at radius 2 is 2.12 bits per heavy atom. The predicted molar refractivity (Wildman–Crippen MR) is 68.5 cm³/mol. The molecular formula is C13H19N3O. The lowest BCUT2D eigenvalue weighted by atomic mass is 10.2. The van der Waals surface area contributed by atoms with E-state index in [1.807, 2.05) is 30.3 Å². The van der Waals surface area contributed by atoms with E-state index in [0.717, 1.165) is 24.8 Å². The van der Waals surface area contributed by atoms with E-state index >= 15 is 0 Å². The molecule has 0 spiro atoms. The van der Waals surface area contributed by atoms with Gasteiger partial charge in [0.05, 0.1) is 18.7 Å². The van der Waals surface area contributed by atoms with Crippen LogP contribution < -0.4 is 11.1 Å². The van der Waals surface area contributed by atoms with E-state index in [-0.39, 0.29) is 12.1 Å². The summed E-state index contributed by atoms with van der Waals surface area (Å²) in [5.41, 5.74) is 6.92. The highest BCUT2D eigenvalue weighted by atomic mass is 16.3. The van der Waals surface area contributed by atoms with Crippen molar-refractivity contribution >= 4 is 5.96 Å². The summed E-state index contributed by atoms with van der Waals surface area (Å²) in [6.45, 7) is 0.572. The SMILES string of the molecule is NC(=NCc1ccccc1)NC1CCCC1O. The molecule has 2 unspecified atom stereocenters. The van der Waals surface area contributed by atoms with Gasteiger partial charge in [-0.05, 0) is 24.8 Å². The fourth-order valence-corrected chi connectivity index (χ4v) is 2.10. The van der Waals surface area contributed by atoms with Crippen molar-refractivity contribution in [3.05, 3.63) is 35.9 Å². The van der Waals surface area contributed by atoms with E-state index < -0.39 is 0 Å². The van der Waals surface area contributed by atoms with Gasteiger partial charge in [0.2, 0.25) is 0 Å². The maximum atomic E-state index is 9.65. The van der Waals surface area contributed by atoms with Crippen molar-refractivity contribution in [3.8, 4) is 0 Å². The van der Waals surface area contributed by atoms with E-state index in [4.69, 9.17) is 5.73 Å². The average Bonchev–Trinajstić information content (AvgIpc) is 2.74. The van der Waals surface area contributed by atoms with Gasteiger partial charge in [-0.3, -0.25) is 0 Å². The second-order valence-corrected chi connectivity index (χ2v) is 4.44. The maximum Gasteiger partial charge on any atom is 0.189 e. The summed E-state index contributed by atoms with van der Waals surface area (Å²) in [6.07, 6.45) is 2.57. The molecule has 1 aliphatic rings. The van der Waals surface area contributed by atoms with Crippen LogP contribution in [0.3, 0.4) is 0 Å². The summed E-state index contributed by atoms with van der Waals surface area (Å²) < 4.78 is 0. The normalized spacial score (nSPS) is 24.9. The first-order valence-corrected chi connectivity index (χ1v) is 6.04. The number of aliphatic imine (C=N–C) groups is 1. The van der Waals surface area contributed by atoms with Crippen LogP contribution >= 0.6 is 0 Å². The molecule has 2 rings (SSSR count). The Balaban J connectivity index is 1.85. The fraction of sp³-hybridized carbons (Fsp3) is 0.462. The number of aliphatic hydroxyl groups excluding tert-OH is 1. The molecule has 0 aromatic heterocycles. The number of benzene rings is 1. The highest BCUT2D eigenvalue weighted by Crippen LogP contribution is 2.18. The summed E-state index contributed by atoms with van der Waals surface area (Å²) in [4.78, 5) is 4.26. The van der Waals surface area contributed by atoms with Gasteiger partial charge < -0.3 is 16.2 Å². The minimum absolute atomic E-state index is 0.0644. The van der Waals surface area contributed by atoms with Gasteiger partial charge in [-0.2, -0.15) is 0 Å². The Morgan fingerprint density at radius 3 is 2.76 bits per heavy atom. The number of aliphatic hydroxyl groups is 1. The van der Waals surface area contributed by atoms with Gasteiger partial charge in [0.15, 0.2) is 5.96 Å². The third-order valence-corrected chi connectivity index (χ3v) is 3.09. The van der Waals surface area contributed by atoms with Crippen LogP contribution in [0, 0.1) is 0 Å². The fourth-order valence-electron chi connectivity index (χ4n) is 2.10. The second kappa shape index (κ2) is 5.68. The Morgan fingerprint density at radius 1 is 1.35 bits per heavy atom. The molecule has 4 nitrogen and oxygen atoms in total. The van der Waals surface area contributed by atoms with Crippen molar-refractivity contribution in [2.24, 2.45) is 10.7 Å². The largest absolute Gasteiger partial charge is 0.391 e. The number of guanidine groups is 1. The van der Waals surface area contributed by atoms with Crippen molar-refractivity contribution in [3.63, 3.8) is 0 Å². The van der Waals surface area contributed by atoms with Gasteiger partial charge in [-0.1, -0.05) is 30.3 Å². The highest BCUT2D eigenvalue weighted by Gasteiger charge is 2.25. The van der Waals surface area contributed by atoms with E-state index in [1.165, 1.54) is 0 Å². The smallest absolute Gasteiger partial charge is 0.189 e. The number of rotatable bonds is 3. The number of nitrogens with one attached hydrogen (secondary N) is 1. The van der Waals surface area contributed by atoms with Crippen LogP contribution in [0.2, 0.25) is 0 Å². The molecule has 0 heterocycles. The van der Waals surface area contributed by atoms with Crippen molar-refractivity contribution in [2.75, 3.05) is 0 Å². The van der Waals surface area contributed by atoms with Gasteiger partial charge in [0.25, 0.3) is 0 Å². The lowest BCUT2D eigenvalue weighted by Crippen LogP contribution is -2.43. The number of nitrogens with zero attached hydrogens (tertiary/aromatic N) is 1. The molecule has 1 fully saturated rings. The zero-order valence-corrected chi connectivity index (χ0v) is 9.84. The molecule has 92 valence electrons. The van der Waals surface area contributed by atoms with Gasteiger partial charge in [-0.15, -0.1) is 0 Å². The lowest BCUT2D eigenvalue weighted by Gasteiger charge is -2.16. The molecule has 0 bridgehead atoms. The summed E-state index contributed by atoms with van der Waals surface area (Å²) in [5.74, 6) is 0.416. The van der Waals surface area contributed by atoms with Crippen molar-refractivity contribution in [2.45, 2.75) is 38.0 Å². The zero-order valence-electron chi connectivity index (χ0n) is 9.84. The summed E-state index contributed by atoms with van der Waals surface area (Å²) in [6, 6.07) is 10.0. The Bertz CT molecular complexity index is 378. The number of nitrogens with two attached hydrogens (primary N) is 1. The van der Waals surface area contributed by atoms with E-state index in [2.05, 4.69) is 10.3 Å². The standard InChI is InChI=1S/C13H19N3O/c14-13(16-11-7-4-8-12(11)17)15-9-10-5-2-1-3-6-10/h1-3,5-6,11-12,17H,4,7-9H2,(H3,14,15,16). The van der Waals surface area contributed by atoms with E-state index in [0.29, 0.717) is 12.5 Å². The molecule has 1 saturated carbocycles. The first-order chi connectivity index (χ1) is 8.25. The van der Waals surface area contributed by atoms with E-state index in [1.54, 1.807) is 0 Å². The molecule has 0 saturated heterocycles. The topological polar surface area (TPSA) is 70.6 Å². The molecule has 4 N–H and O–H groups in total. The zero-order chi connectivity index (χ0) is 12.1. The van der Waals surface area contributed by atoms with Crippen LogP contribution in [0.25, 0.3) is 0 Å². The van der Waals surface area contributed by atoms with Crippen molar-refractivity contribution in [1.29, 1.82) is 0 Å². The monoisotopic (exact) mass is 233 g/mol. The van der Waals surface area contributed by atoms with Crippen LogP contribution in [0.15, 0.2) is 35.3 Å². The van der Waals surface area contributed by atoms with Crippen LogP contribution in [0.1, 0.15) is 24.8 Å². The quantitative estimate of drug-likeness (QED) is 0.539. The average molecular weight is 233 g/mol. The molecule has 1 aromatic rings. The highest BCUT2D eigenvalue weighted by molar-refractivity contribution is 5.78.